The van der Waals surface area contributed by atoms with Gasteiger partial charge in [0, 0.05) is 29.6 Å². The van der Waals surface area contributed by atoms with E-state index >= 15 is 0 Å². The average molecular weight is 428 g/mol. The number of carbonyl (C=O) groups excluding carboxylic acids is 2. The molecule has 3 N–H and O–H groups in total. The molecule has 1 aromatic rings. The maximum absolute atomic E-state index is 12.3. The van der Waals surface area contributed by atoms with Gasteiger partial charge in [0.25, 0.3) is 5.91 Å². The highest BCUT2D eigenvalue weighted by Gasteiger charge is 2.67. The van der Waals surface area contributed by atoms with Crippen molar-refractivity contribution < 1.29 is 19.5 Å². The van der Waals surface area contributed by atoms with Crippen LogP contribution in [0, 0.1) is 5.41 Å². The molecule has 9 nitrogen and oxygen atoms in total. The molecule has 1 aromatic carbocycles. The zero-order valence-electron chi connectivity index (χ0n) is 15.0. The molecule has 2 rings (SSSR count). The maximum Gasteiger partial charge on any atom is 0.305 e. The maximum atomic E-state index is 12.3. The van der Waals surface area contributed by atoms with Gasteiger partial charge in [-0.15, -0.1) is 23.2 Å². The smallest absolute Gasteiger partial charge is 0.305 e. The fourth-order valence-electron chi connectivity index (χ4n) is 2.57. The van der Waals surface area contributed by atoms with E-state index in [0.29, 0.717) is 12.0 Å². The van der Waals surface area contributed by atoms with Gasteiger partial charge in [-0.25, -0.2) is 0 Å². The van der Waals surface area contributed by atoms with Crippen LogP contribution < -0.4 is 10.6 Å². The van der Waals surface area contributed by atoms with Gasteiger partial charge in [0.05, 0.1) is 11.8 Å². The Kier molecular flexibility index (Phi) is 6.77. The molecule has 1 saturated carbocycles. The second-order valence-corrected chi connectivity index (χ2v) is 8.26. The molecular weight excluding hydrogens is 409 g/mol. The molecule has 0 saturated heterocycles. The lowest BCUT2D eigenvalue weighted by molar-refractivity contribution is -0.137. The monoisotopic (exact) mass is 427 g/mol. The molecule has 28 heavy (non-hydrogen) atoms. The van der Waals surface area contributed by atoms with E-state index in [1.54, 1.807) is 31.2 Å². The first kappa shape index (κ1) is 21.8. The van der Waals surface area contributed by atoms with Crippen molar-refractivity contribution in [3.05, 3.63) is 45.8 Å². The van der Waals surface area contributed by atoms with Crippen molar-refractivity contribution in [2.75, 3.05) is 6.54 Å². The average Bonchev–Trinajstić information content (AvgIpc) is 3.16. The summed E-state index contributed by atoms with van der Waals surface area (Å²) in [5.41, 5.74) is 8.62. The number of halogens is 2. The van der Waals surface area contributed by atoms with Crippen molar-refractivity contribution in [1.82, 2.24) is 10.6 Å². The third-order valence-electron chi connectivity index (χ3n) is 4.55. The largest absolute Gasteiger partial charge is 0.481 e. The van der Waals surface area contributed by atoms with Crippen molar-refractivity contribution >= 4 is 41.0 Å². The molecular formula is C17H19Cl2N5O4. The van der Waals surface area contributed by atoms with Gasteiger partial charge in [-0.3, -0.25) is 14.4 Å². The lowest BCUT2D eigenvalue weighted by atomic mass is 10.1. The third-order valence-corrected chi connectivity index (χ3v) is 5.65. The predicted molar refractivity (Wildman–Crippen MR) is 103 cm³/mol. The van der Waals surface area contributed by atoms with E-state index in [-0.39, 0.29) is 25.4 Å². The first-order valence-corrected chi connectivity index (χ1v) is 9.13. The van der Waals surface area contributed by atoms with Crippen LogP contribution in [0.25, 0.3) is 10.4 Å². The van der Waals surface area contributed by atoms with E-state index in [9.17, 15) is 14.4 Å². The molecule has 1 aliphatic rings. The van der Waals surface area contributed by atoms with E-state index in [1.165, 1.54) is 0 Å². The number of benzene rings is 1. The molecule has 2 amide bonds. The Morgan fingerprint density at radius 2 is 1.93 bits per heavy atom. The molecule has 1 fully saturated rings. The van der Waals surface area contributed by atoms with E-state index in [4.69, 9.17) is 33.8 Å². The van der Waals surface area contributed by atoms with Crippen molar-refractivity contribution in [3.8, 4) is 0 Å². The number of carbonyl (C=O) groups is 3. The lowest BCUT2D eigenvalue weighted by Gasteiger charge is -2.15. The molecule has 11 heteroatoms. The Balaban J connectivity index is 1.92. The Morgan fingerprint density at radius 1 is 1.32 bits per heavy atom. The summed E-state index contributed by atoms with van der Waals surface area (Å²) in [6, 6.07) is 5.62. The quantitative estimate of drug-likeness (QED) is 0.240. The van der Waals surface area contributed by atoms with Crippen LogP contribution in [0.3, 0.4) is 0 Å². The standard InChI is InChI=1S/C17H19Cl2N5O4/c1-16(9-17(16,18)19)15(28)21-7-10-2-4-11(5-3-10)14(27)23-12(6-13(25)26)8-22-24-20/h2-5,12H,6-9H2,1H3,(H,21,28)(H,23,27)(H,25,26)/t12-,16?/m0/s1. The van der Waals surface area contributed by atoms with E-state index in [0.717, 1.165) is 5.56 Å². The van der Waals surface area contributed by atoms with Crippen molar-refractivity contribution in [3.63, 3.8) is 0 Å². The molecule has 1 unspecified atom stereocenters. The number of nitrogens with zero attached hydrogens (tertiary/aromatic N) is 3. The summed E-state index contributed by atoms with van der Waals surface area (Å²) in [6.07, 6.45) is 0.0255. The summed E-state index contributed by atoms with van der Waals surface area (Å²) < 4.78 is -1.04. The minimum Gasteiger partial charge on any atom is -0.481 e. The molecule has 0 aromatic heterocycles. The predicted octanol–water partition coefficient (Wildman–Crippen LogP) is 2.77. The minimum absolute atomic E-state index is 0.167. The number of aliphatic carboxylic acids is 1. The molecule has 2 atom stereocenters. The second kappa shape index (κ2) is 8.68. The number of nitrogens with one attached hydrogen (secondary N) is 2. The van der Waals surface area contributed by atoms with Crippen molar-refractivity contribution in [2.45, 2.75) is 36.7 Å². The van der Waals surface area contributed by atoms with Crippen molar-refractivity contribution in [1.29, 1.82) is 0 Å². The van der Waals surface area contributed by atoms with Gasteiger partial charge >= 0.3 is 5.97 Å². The number of rotatable bonds is 9. The molecule has 0 spiro atoms. The second-order valence-electron chi connectivity index (χ2n) is 6.77. The number of carboxylic acid groups (broad SMARTS) is 1. The van der Waals surface area contributed by atoms with Gasteiger partial charge in [0.1, 0.15) is 4.33 Å². The number of azide groups is 1. The van der Waals surface area contributed by atoms with E-state index in [1.807, 2.05) is 0 Å². The number of hydrogen-bond acceptors (Lipinski definition) is 4. The first-order chi connectivity index (χ1) is 13.1. The van der Waals surface area contributed by atoms with Gasteiger partial charge in [-0.2, -0.15) is 0 Å². The number of hydrogen-bond donors (Lipinski definition) is 3. The highest BCUT2D eigenvalue weighted by Crippen LogP contribution is 2.63. The molecule has 0 heterocycles. The number of amides is 2. The summed E-state index contributed by atoms with van der Waals surface area (Å²) in [5, 5.41) is 17.5. The van der Waals surface area contributed by atoms with Gasteiger partial charge in [-0.05, 0) is 36.6 Å². The summed E-state index contributed by atoms with van der Waals surface area (Å²) in [5.74, 6) is -1.85. The van der Waals surface area contributed by atoms with Gasteiger partial charge < -0.3 is 15.7 Å². The fraction of sp³-hybridized carbons (Fsp3) is 0.471. The van der Waals surface area contributed by atoms with Crippen LogP contribution >= 0.6 is 23.2 Å². The fourth-order valence-corrected chi connectivity index (χ4v) is 3.28. The topological polar surface area (TPSA) is 144 Å². The Morgan fingerprint density at radius 3 is 2.43 bits per heavy atom. The van der Waals surface area contributed by atoms with Gasteiger partial charge in [0.15, 0.2) is 0 Å². The van der Waals surface area contributed by atoms with Crippen LogP contribution in [-0.4, -0.2) is 39.8 Å². The summed E-state index contributed by atoms with van der Waals surface area (Å²) in [6.45, 7) is 1.78. The lowest BCUT2D eigenvalue weighted by Crippen LogP contribution is -2.38. The number of carboxylic acids is 1. The number of alkyl halides is 2. The molecule has 0 radical (unpaired) electrons. The van der Waals surface area contributed by atoms with Crippen LogP contribution in [0.4, 0.5) is 0 Å². The SMILES string of the molecule is CC1(C(=O)NCc2ccc(C(=O)N[C@H](CN=[N+]=[N-])CC(=O)O)cc2)CC1(Cl)Cl. The molecule has 0 aliphatic heterocycles. The normalized spacial score (nSPS) is 20.4. The van der Waals surface area contributed by atoms with Gasteiger partial charge in [0.2, 0.25) is 5.91 Å². The van der Waals surface area contributed by atoms with E-state index < -0.39 is 27.7 Å². The summed E-state index contributed by atoms with van der Waals surface area (Å²) >= 11 is 12.0. The van der Waals surface area contributed by atoms with Crippen LogP contribution in [0.5, 0.6) is 0 Å². The summed E-state index contributed by atoms with van der Waals surface area (Å²) in [7, 11) is 0. The molecule has 0 bridgehead atoms. The van der Waals surface area contributed by atoms with Crippen LogP contribution in [-0.2, 0) is 16.1 Å². The highest BCUT2D eigenvalue weighted by molar-refractivity contribution is 6.53. The zero-order chi connectivity index (χ0) is 20.9. The van der Waals surface area contributed by atoms with Gasteiger partial charge in [-0.1, -0.05) is 17.2 Å². The Hall–Kier alpha value is -2.48. The molecule has 1 aliphatic carbocycles. The third kappa shape index (κ3) is 5.28. The first-order valence-electron chi connectivity index (χ1n) is 8.37. The van der Waals surface area contributed by atoms with Crippen LogP contribution in [0.1, 0.15) is 35.7 Å². The van der Waals surface area contributed by atoms with E-state index in [2.05, 4.69) is 20.7 Å². The van der Waals surface area contributed by atoms with Crippen molar-refractivity contribution in [2.24, 2.45) is 10.5 Å². The minimum atomic E-state index is -1.12. The zero-order valence-corrected chi connectivity index (χ0v) is 16.5. The molecule has 150 valence electrons. The Labute approximate surface area is 171 Å². The van der Waals surface area contributed by atoms with Crippen LogP contribution in [0.15, 0.2) is 29.4 Å². The summed E-state index contributed by atoms with van der Waals surface area (Å²) in [4.78, 5) is 37.8. The Bertz CT molecular complexity index is 819. The van der Waals surface area contributed by atoms with Crippen LogP contribution in [0.2, 0.25) is 0 Å². The highest BCUT2D eigenvalue weighted by atomic mass is 35.5.